The van der Waals surface area contributed by atoms with Gasteiger partial charge in [0.1, 0.15) is 39.7 Å². The number of methoxy groups -OCH3 is 5. The summed E-state index contributed by atoms with van der Waals surface area (Å²) in [5, 5.41) is 24.1. The number of thiazole rings is 2. The van der Waals surface area contributed by atoms with Gasteiger partial charge < -0.3 is 45.1 Å². The van der Waals surface area contributed by atoms with E-state index in [4.69, 9.17) is 76.2 Å². The van der Waals surface area contributed by atoms with E-state index >= 15 is 0 Å². The predicted octanol–water partition coefficient (Wildman–Crippen LogP) is 14.4. The summed E-state index contributed by atoms with van der Waals surface area (Å²) in [6.07, 6.45) is -2.51. The smallest absolute Gasteiger partial charge is 0.870 e. The standard InChI is InChI=1S/C18H12ClF3N2O2S.C12H13ClO3.C11H11ClO3.C9H8BrClO3.C8H5F3N2S.K.H2O/c19-10-6-11(8-1-2-8)15(25)12(7-10)16(26)24-17-23-13-4-3-9(18(20,21)22)5-14(13)27-17;1-15-11-9(7-3-4-7)5-8(13)6-10(11)12(14)16-2;1-15-10-8(6-2-3-6)4-7(12)5-9(10)11(13)14;1-13-8-6(9(12)14-2)3-5(11)4-7(8)10;9-8(10,11)4-1-2-5-6(3-4)14-7(12)13-5;;/h3-8,25H,1-2H2,(H,23,24,26);5-7H,3-4H2,1-2H3;4-6H,2-3H2,1H3,(H,13,14);3-4H,1-2H3;1-3H,(H2,12,13);;1H2/q;;;;;+1;/p-1. The number of carboxylic acid groups (broad SMARTS) is 1. The number of ether oxygens (including phenoxy) is 5. The van der Waals surface area contributed by atoms with Crippen LogP contribution in [-0.2, 0) is 21.8 Å². The van der Waals surface area contributed by atoms with Gasteiger partial charge in [-0.3, -0.25) is 10.1 Å². The van der Waals surface area contributed by atoms with Crippen LogP contribution in [0.15, 0.2) is 89.4 Å². The zero-order chi connectivity index (χ0) is 63.1. The number of halogens is 11. The van der Waals surface area contributed by atoms with Crippen molar-refractivity contribution < 1.29 is 136 Å². The Morgan fingerprint density at radius 2 is 0.966 bits per heavy atom. The number of phenols is 1. The molecule has 6 N–H and O–H groups in total. The number of alkyl halides is 6. The summed E-state index contributed by atoms with van der Waals surface area (Å²) in [7, 11) is 7.17. The van der Waals surface area contributed by atoms with Gasteiger partial charge in [0.05, 0.1) is 77.1 Å². The van der Waals surface area contributed by atoms with Crippen LogP contribution < -0.4 is 76.6 Å². The van der Waals surface area contributed by atoms with E-state index in [9.17, 15) is 50.6 Å². The number of hydrogen-bond acceptors (Lipinski definition) is 16. The number of nitrogens with zero attached hydrogens (tertiary/aromatic N) is 2. The van der Waals surface area contributed by atoms with E-state index in [1.807, 2.05) is 6.07 Å². The molecular weight excluding hydrogens is 1380 g/mol. The summed E-state index contributed by atoms with van der Waals surface area (Å²) < 4.78 is 101. The van der Waals surface area contributed by atoms with Crippen molar-refractivity contribution in [3.63, 3.8) is 0 Å². The number of anilines is 2. The van der Waals surface area contributed by atoms with Crippen molar-refractivity contribution in [1.29, 1.82) is 0 Å². The van der Waals surface area contributed by atoms with Crippen molar-refractivity contribution in [2.45, 2.75) is 68.6 Å². The van der Waals surface area contributed by atoms with E-state index in [1.54, 1.807) is 31.4 Å². The first-order valence-electron chi connectivity index (χ1n) is 25.3. The van der Waals surface area contributed by atoms with Crippen molar-refractivity contribution in [2.24, 2.45) is 0 Å². The average molecular weight is 1430 g/mol. The molecule has 3 fully saturated rings. The summed E-state index contributed by atoms with van der Waals surface area (Å²) in [6, 6.07) is 19.4. The van der Waals surface area contributed by atoms with Crippen LogP contribution in [0, 0.1) is 0 Å². The maximum absolute atomic E-state index is 12.8. The molecule has 0 atom stereocenters. The van der Waals surface area contributed by atoms with Crippen LogP contribution in [0.2, 0.25) is 20.1 Å². The van der Waals surface area contributed by atoms with Gasteiger partial charge in [0.25, 0.3) is 5.91 Å². The molecular formula is C58H50BrCl4F6KN4O12S2. The minimum atomic E-state index is -4.45. The molecule has 1 amide bonds. The van der Waals surface area contributed by atoms with Gasteiger partial charge in [0.15, 0.2) is 10.3 Å². The fourth-order valence-electron chi connectivity index (χ4n) is 8.47. The van der Waals surface area contributed by atoms with Gasteiger partial charge in [-0.25, -0.2) is 24.4 Å². The van der Waals surface area contributed by atoms with Crippen LogP contribution in [0.4, 0.5) is 36.6 Å². The normalized spacial score (nSPS) is 13.2. The molecule has 0 aliphatic heterocycles. The number of nitrogens with one attached hydrogen (secondary N) is 1. The first-order chi connectivity index (χ1) is 40.6. The number of fused-ring (bicyclic) bond motifs is 2. The minimum Gasteiger partial charge on any atom is -0.870 e. The first kappa shape index (κ1) is 73.5. The average Bonchev–Trinajstić information content (AvgIpc) is 2.38. The van der Waals surface area contributed by atoms with Crippen LogP contribution in [0.5, 0.6) is 23.0 Å². The topological polar surface area (TPSA) is 249 Å². The van der Waals surface area contributed by atoms with E-state index in [-0.39, 0.29) is 89.9 Å². The SMILES string of the molecule is COC(=O)c1cc(Cl)cc(Br)c1OC.COC(=O)c1cc(Cl)cc(C2CC2)c1OC.COc1c(C(=O)O)cc(Cl)cc1C1CC1.Nc1nc2ccc(C(F)(F)F)cc2s1.O=C(Nc1nc2ccc(C(F)(F)F)cc2s1)c1cc(Cl)cc(C2CC2)c1O.[K+].[OH-]. The monoisotopic (exact) mass is 1430 g/mol. The van der Waals surface area contributed by atoms with E-state index < -0.39 is 47.3 Å². The summed E-state index contributed by atoms with van der Waals surface area (Å²) in [5.74, 6) is -0.101. The van der Waals surface area contributed by atoms with Crippen LogP contribution in [-0.4, -0.2) is 85.0 Å². The Morgan fingerprint density at radius 1 is 0.580 bits per heavy atom. The molecule has 30 heteroatoms. The maximum Gasteiger partial charge on any atom is 1.00 e. The second-order valence-corrected chi connectivity index (χ2v) is 23.7. The third-order valence-electron chi connectivity index (χ3n) is 12.9. The third kappa shape index (κ3) is 19.2. The maximum atomic E-state index is 12.8. The van der Waals surface area contributed by atoms with Gasteiger partial charge in [0, 0.05) is 20.1 Å². The molecule has 0 saturated heterocycles. The first-order valence-corrected chi connectivity index (χ1v) is 29.3. The summed E-state index contributed by atoms with van der Waals surface area (Å²) >= 11 is 28.9. The molecule has 0 spiro atoms. The second-order valence-electron chi connectivity index (χ2n) is 19.0. The quantitative estimate of drug-likeness (QED) is 0.0534. The molecule has 6 aromatic carbocycles. The molecule has 2 heterocycles. The number of carbonyl (C=O) groups excluding carboxylic acids is 3. The second kappa shape index (κ2) is 31.7. The summed E-state index contributed by atoms with van der Waals surface area (Å²) in [6.45, 7) is 0. The number of aromatic nitrogens is 2. The van der Waals surface area contributed by atoms with Crippen LogP contribution >= 0.6 is 85.0 Å². The Kier molecular flexibility index (Phi) is 26.5. The molecule has 88 heavy (non-hydrogen) atoms. The number of benzene rings is 6. The number of carboxylic acids is 1. The third-order valence-corrected chi connectivity index (χ3v) is 16.1. The van der Waals surface area contributed by atoms with E-state index in [2.05, 4.69) is 36.0 Å². The number of nitrogen functional groups attached to an aromatic ring is 1. The molecule has 11 rings (SSSR count). The van der Waals surface area contributed by atoms with Gasteiger partial charge in [-0.2, -0.15) is 26.3 Å². The van der Waals surface area contributed by atoms with Gasteiger partial charge in [-0.1, -0.05) is 69.1 Å². The van der Waals surface area contributed by atoms with E-state index in [0.717, 1.165) is 96.6 Å². The Bertz CT molecular complexity index is 3870. The predicted molar refractivity (Wildman–Crippen MR) is 324 cm³/mol. The summed E-state index contributed by atoms with van der Waals surface area (Å²) in [4.78, 5) is 54.4. The molecule has 16 nitrogen and oxygen atoms in total. The summed E-state index contributed by atoms with van der Waals surface area (Å²) in [5.41, 5.74) is 8.19. The number of phenolic OH excluding ortho intramolecular Hbond substituents is 1. The zero-order valence-electron chi connectivity index (χ0n) is 47.0. The fraction of sp³-hybridized carbons (Fsp3) is 0.276. The molecule has 3 saturated carbocycles. The largest absolute Gasteiger partial charge is 1.00 e. The molecule has 464 valence electrons. The number of carbonyl (C=O) groups is 4. The van der Waals surface area contributed by atoms with Crippen molar-refractivity contribution in [3.05, 3.63) is 160 Å². The van der Waals surface area contributed by atoms with E-state index in [0.29, 0.717) is 90.8 Å². The molecule has 0 unspecified atom stereocenters. The van der Waals surface area contributed by atoms with Crippen LogP contribution in [0.3, 0.4) is 0 Å². The van der Waals surface area contributed by atoms with Crippen molar-refractivity contribution in [1.82, 2.24) is 9.97 Å². The Labute approximate surface area is 577 Å². The van der Waals surface area contributed by atoms with Crippen molar-refractivity contribution >= 4 is 140 Å². The number of amides is 1. The molecule has 3 aliphatic rings. The number of hydrogen-bond donors (Lipinski definition) is 4. The molecule has 3 aliphatic carbocycles. The molecule has 0 bridgehead atoms. The number of aromatic carboxylic acids is 1. The molecule has 0 radical (unpaired) electrons. The Hall–Kier alpha value is -5.20. The van der Waals surface area contributed by atoms with Crippen molar-refractivity contribution in [3.8, 4) is 23.0 Å². The van der Waals surface area contributed by atoms with Gasteiger partial charge in [0.2, 0.25) is 0 Å². The zero-order valence-corrected chi connectivity index (χ0v) is 56.4. The van der Waals surface area contributed by atoms with Crippen LogP contribution in [0.1, 0.15) is 126 Å². The Balaban J connectivity index is 0.000000205. The number of rotatable bonds is 11. The van der Waals surface area contributed by atoms with Crippen LogP contribution in [0.25, 0.3) is 20.4 Å². The number of nitrogens with two attached hydrogens (primary N) is 1. The Morgan fingerprint density at radius 3 is 1.40 bits per heavy atom. The number of aromatic hydroxyl groups is 1. The molecule has 8 aromatic rings. The number of esters is 2. The van der Waals surface area contributed by atoms with Gasteiger partial charge >= 0.3 is 81.6 Å². The molecule has 2 aromatic heterocycles. The fourth-order valence-corrected chi connectivity index (χ4v) is 11.8. The van der Waals surface area contributed by atoms with E-state index in [1.165, 1.54) is 58.8 Å². The minimum absolute atomic E-state index is 0. The van der Waals surface area contributed by atoms with Crippen molar-refractivity contribution in [2.75, 3.05) is 46.6 Å². The van der Waals surface area contributed by atoms with Gasteiger partial charge in [-0.05, 0) is 174 Å². The van der Waals surface area contributed by atoms with Gasteiger partial charge in [-0.15, -0.1) is 0 Å².